The van der Waals surface area contributed by atoms with Crippen LogP contribution in [0.2, 0.25) is 0 Å². The molecule has 21 heavy (non-hydrogen) atoms. The molecule has 0 aliphatic heterocycles. The first kappa shape index (κ1) is 15.3. The third kappa shape index (κ3) is 3.33. The molecule has 2 aromatic rings. The van der Waals surface area contributed by atoms with Crippen LogP contribution < -0.4 is 0 Å². The van der Waals surface area contributed by atoms with Crippen molar-refractivity contribution in [2.75, 3.05) is 19.7 Å². The molecule has 0 spiro atoms. The minimum Gasteiger partial charge on any atom is -0.395 e. The van der Waals surface area contributed by atoms with Gasteiger partial charge in [-0.05, 0) is 17.5 Å². The summed E-state index contributed by atoms with van der Waals surface area (Å²) in [5.74, 6) is -1.13. The summed E-state index contributed by atoms with van der Waals surface area (Å²) in [6.45, 7) is -1.39. The van der Waals surface area contributed by atoms with Crippen LogP contribution in [0.15, 0.2) is 36.4 Å². The Kier molecular flexibility index (Phi) is 4.80. The van der Waals surface area contributed by atoms with Gasteiger partial charge in [0.15, 0.2) is 0 Å². The van der Waals surface area contributed by atoms with E-state index in [4.69, 9.17) is 5.11 Å². The maximum Gasteiger partial charge on any atom is 0.255 e. The number of hydrogen-bond acceptors (Lipinski definition) is 2. The number of aliphatic hydroxyl groups excluding tert-OH is 1. The van der Waals surface area contributed by atoms with E-state index in [1.807, 2.05) is 0 Å². The Hall–Kier alpha value is -2.08. The van der Waals surface area contributed by atoms with Crippen LogP contribution in [0.4, 0.5) is 13.2 Å². The van der Waals surface area contributed by atoms with E-state index in [1.54, 1.807) is 18.2 Å². The quantitative estimate of drug-likeness (QED) is 0.922. The molecule has 0 atom stereocenters. The summed E-state index contributed by atoms with van der Waals surface area (Å²) >= 11 is 0. The average Bonchev–Trinajstić information content (AvgIpc) is 2.46. The van der Waals surface area contributed by atoms with E-state index in [0.717, 1.165) is 11.0 Å². The lowest BCUT2D eigenvalue weighted by Crippen LogP contribution is -2.37. The molecule has 0 radical (unpaired) electrons. The topological polar surface area (TPSA) is 40.5 Å². The van der Waals surface area contributed by atoms with Crippen molar-refractivity contribution in [3.8, 4) is 0 Å². The molecule has 0 saturated heterocycles. The molecule has 6 heteroatoms. The molecular weight excluding hydrogens is 283 g/mol. The van der Waals surface area contributed by atoms with Crippen LogP contribution in [0.3, 0.4) is 0 Å². The maximum absolute atomic E-state index is 13.7. The Balaban J connectivity index is 2.44. The number of benzene rings is 2. The summed E-state index contributed by atoms with van der Waals surface area (Å²) in [5, 5.41) is 9.52. The van der Waals surface area contributed by atoms with Gasteiger partial charge in [0.1, 0.15) is 5.82 Å². The van der Waals surface area contributed by atoms with E-state index in [0.29, 0.717) is 5.39 Å². The van der Waals surface area contributed by atoms with Gasteiger partial charge in [-0.3, -0.25) is 4.79 Å². The van der Waals surface area contributed by atoms with Crippen molar-refractivity contribution in [3.63, 3.8) is 0 Å². The highest BCUT2D eigenvalue weighted by Gasteiger charge is 2.21. The fourth-order valence-corrected chi connectivity index (χ4v) is 2.18. The number of fused-ring (bicyclic) bond motifs is 1. The molecule has 0 aliphatic carbocycles. The molecule has 0 bridgehead atoms. The van der Waals surface area contributed by atoms with Crippen molar-refractivity contribution in [3.05, 3.63) is 47.8 Å². The standard InChI is InChI=1S/C15H14F3NO2/c16-13-6-5-12(10-3-1-2-4-11(10)13)15(21)19(7-8-20)9-14(17)18/h1-6,14,20H,7-9H2. The van der Waals surface area contributed by atoms with Crippen LogP contribution in [0, 0.1) is 5.82 Å². The first-order valence-electron chi connectivity index (χ1n) is 6.40. The molecule has 112 valence electrons. The number of halogens is 3. The number of hydrogen-bond donors (Lipinski definition) is 1. The first-order valence-corrected chi connectivity index (χ1v) is 6.40. The van der Waals surface area contributed by atoms with E-state index in [1.165, 1.54) is 12.1 Å². The van der Waals surface area contributed by atoms with E-state index < -0.39 is 31.3 Å². The van der Waals surface area contributed by atoms with Gasteiger partial charge in [0.25, 0.3) is 12.3 Å². The molecule has 2 rings (SSSR count). The molecule has 0 aromatic heterocycles. The van der Waals surface area contributed by atoms with Crippen molar-refractivity contribution >= 4 is 16.7 Å². The molecule has 0 heterocycles. The normalized spacial score (nSPS) is 11.1. The number of rotatable bonds is 5. The summed E-state index contributed by atoms with van der Waals surface area (Å²) in [7, 11) is 0. The third-order valence-electron chi connectivity index (χ3n) is 3.12. The lowest BCUT2D eigenvalue weighted by atomic mass is 10.0. The molecule has 1 N–H and O–H groups in total. The summed E-state index contributed by atoms with van der Waals surface area (Å²) in [6.07, 6.45) is -2.70. The largest absolute Gasteiger partial charge is 0.395 e. The van der Waals surface area contributed by atoms with Crippen LogP contribution >= 0.6 is 0 Å². The van der Waals surface area contributed by atoms with E-state index in [2.05, 4.69) is 0 Å². The number of aliphatic hydroxyl groups is 1. The molecule has 1 amide bonds. The van der Waals surface area contributed by atoms with Crippen molar-refractivity contribution in [1.29, 1.82) is 0 Å². The predicted molar refractivity (Wildman–Crippen MR) is 72.9 cm³/mol. The zero-order valence-corrected chi connectivity index (χ0v) is 11.1. The predicted octanol–water partition coefficient (Wildman–Crippen LogP) is 2.68. The number of carbonyl (C=O) groups is 1. The van der Waals surface area contributed by atoms with Crippen molar-refractivity contribution in [1.82, 2.24) is 4.90 Å². The van der Waals surface area contributed by atoms with Crippen molar-refractivity contribution < 1.29 is 23.1 Å². The van der Waals surface area contributed by atoms with Gasteiger partial charge in [-0.2, -0.15) is 0 Å². The smallest absolute Gasteiger partial charge is 0.255 e. The highest BCUT2D eigenvalue weighted by molar-refractivity contribution is 6.07. The van der Waals surface area contributed by atoms with E-state index in [9.17, 15) is 18.0 Å². The van der Waals surface area contributed by atoms with Gasteiger partial charge in [0.2, 0.25) is 0 Å². The van der Waals surface area contributed by atoms with Crippen LogP contribution in [0.5, 0.6) is 0 Å². The third-order valence-corrected chi connectivity index (χ3v) is 3.12. The molecule has 0 aliphatic rings. The number of alkyl halides is 2. The Morgan fingerprint density at radius 1 is 1.14 bits per heavy atom. The van der Waals surface area contributed by atoms with Gasteiger partial charge in [0.05, 0.1) is 13.2 Å². The molecule has 0 fully saturated rings. The Morgan fingerprint density at radius 2 is 1.81 bits per heavy atom. The number of amides is 1. The highest BCUT2D eigenvalue weighted by atomic mass is 19.3. The molecule has 0 unspecified atom stereocenters. The van der Waals surface area contributed by atoms with E-state index >= 15 is 0 Å². The maximum atomic E-state index is 13.7. The van der Waals surface area contributed by atoms with Gasteiger partial charge in [-0.1, -0.05) is 24.3 Å². The lowest BCUT2D eigenvalue weighted by Gasteiger charge is -2.22. The fourth-order valence-electron chi connectivity index (χ4n) is 2.18. The molecular formula is C15H14F3NO2. The summed E-state index contributed by atoms with van der Waals surface area (Å²) < 4.78 is 38.8. The van der Waals surface area contributed by atoms with Gasteiger partial charge < -0.3 is 10.0 Å². The fraction of sp³-hybridized carbons (Fsp3) is 0.267. The second-order valence-corrected chi connectivity index (χ2v) is 4.51. The zero-order valence-electron chi connectivity index (χ0n) is 11.1. The van der Waals surface area contributed by atoms with Crippen LogP contribution in [0.1, 0.15) is 10.4 Å². The highest BCUT2D eigenvalue weighted by Crippen LogP contribution is 2.23. The molecule has 3 nitrogen and oxygen atoms in total. The zero-order chi connectivity index (χ0) is 15.4. The van der Waals surface area contributed by atoms with Crippen molar-refractivity contribution in [2.45, 2.75) is 6.43 Å². The van der Waals surface area contributed by atoms with Crippen LogP contribution in [0.25, 0.3) is 10.8 Å². The number of nitrogens with zero attached hydrogens (tertiary/aromatic N) is 1. The minimum absolute atomic E-state index is 0.140. The monoisotopic (exact) mass is 297 g/mol. The first-order chi connectivity index (χ1) is 10.0. The molecule has 2 aromatic carbocycles. The average molecular weight is 297 g/mol. The van der Waals surface area contributed by atoms with Crippen molar-refractivity contribution in [2.24, 2.45) is 0 Å². The minimum atomic E-state index is -2.70. The Bertz CT molecular complexity index is 646. The van der Waals surface area contributed by atoms with Gasteiger partial charge in [0, 0.05) is 17.5 Å². The van der Waals surface area contributed by atoms with Gasteiger partial charge in [-0.25, -0.2) is 13.2 Å². The second kappa shape index (κ2) is 6.58. The summed E-state index contributed by atoms with van der Waals surface area (Å²) in [5.41, 5.74) is 0.140. The number of carbonyl (C=O) groups excluding carboxylic acids is 1. The lowest BCUT2D eigenvalue weighted by molar-refractivity contribution is 0.0511. The Morgan fingerprint density at radius 3 is 2.43 bits per heavy atom. The van der Waals surface area contributed by atoms with Gasteiger partial charge in [-0.15, -0.1) is 0 Å². The van der Waals surface area contributed by atoms with Crippen LogP contribution in [-0.2, 0) is 0 Å². The second-order valence-electron chi connectivity index (χ2n) is 4.51. The van der Waals surface area contributed by atoms with Gasteiger partial charge >= 0.3 is 0 Å². The molecule has 0 saturated carbocycles. The Labute approximate surface area is 119 Å². The van der Waals surface area contributed by atoms with Crippen LogP contribution in [-0.4, -0.2) is 42.0 Å². The summed E-state index contributed by atoms with van der Waals surface area (Å²) in [4.78, 5) is 13.2. The SMILES string of the molecule is O=C(c1ccc(F)c2ccccc12)N(CCO)CC(F)F. The summed E-state index contributed by atoms with van der Waals surface area (Å²) in [6, 6.07) is 8.76. The van der Waals surface area contributed by atoms with E-state index in [-0.39, 0.29) is 17.5 Å².